The van der Waals surface area contributed by atoms with Crippen LogP contribution in [-0.4, -0.2) is 127 Å². The van der Waals surface area contributed by atoms with Crippen molar-refractivity contribution in [3.63, 3.8) is 0 Å². The van der Waals surface area contributed by atoms with E-state index in [1.54, 1.807) is 22.5 Å². The van der Waals surface area contributed by atoms with Gasteiger partial charge in [0.05, 0.1) is 58.5 Å². The first-order valence-corrected chi connectivity index (χ1v) is 23.8. The van der Waals surface area contributed by atoms with E-state index >= 15 is 0 Å². The molecule has 18 nitrogen and oxygen atoms in total. The number of hydrogen-bond donors (Lipinski definition) is 6. The molecule has 2 aliphatic heterocycles. The number of likely N-dealkylation sites (tertiary alicyclic amines) is 2. The molecule has 358 valence electrons. The smallest absolute Gasteiger partial charge is 0.255 e. The Labute approximate surface area is 398 Å². The van der Waals surface area contributed by atoms with E-state index in [-0.39, 0.29) is 63.5 Å². The number of aliphatic hydroxyl groups is 1. The summed E-state index contributed by atoms with van der Waals surface area (Å²) < 4.78 is 7.35. The van der Waals surface area contributed by atoms with Crippen molar-refractivity contribution in [1.82, 2.24) is 50.5 Å². The van der Waals surface area contributed by atoms with E-state index in [0.717, 1.165) is 69.0 Å². The number of β-amino-alcohol motifs (C(OH)–C–C–N with tert-alkyl or cyclic N) is 1. The van der Waals surface area contributed by atoms with Crippen molar-refractivity contribution in [1.29, 1.82) is 0 Å². The van der Waals surface area contributed by atoms with Crippen LogP contribution in [0.15, 0.2) is 72.4 Å². The first-order valence-electron chi connectivity index (χ1n) is 22.9. The molecule has 3 aromatic heterocycles. The van der Waals surface area contributed by atoms with Crippen molar-refractivity contribution >= 4 is 68.5 Å². The number of fused-ring (bicyclic) bond motifs is 2. The number of anilines is 1. The molecule has 0 radical (unpaired) electrons. The lowest BCUT2D eigenvalue weighted by Crippen LogP contribution is -2.56. The molecule has 0 spiro atoms. The minimum absolute atomic E-state index is 0.0552. The summed E-state index contributed by atoms with van der Waals surface area (Å²) in [5.41, 5.74) is 5.79. The predicted octanol–water partition coefficient (Wildman–Crippen LogP) is 4.29. The zero-order valence-electron chi connectivity index (χ0n) is 39.1. The third-order valence-electron chi connectivity index (χ3n) is 12.7. The summed E-state index contributed by atoms with van der Waals surface area (Å²) >= 11 is 1.52. The molecular weight excluding hydrogens is 887 g/mol. The number of thiazole rings is 1. The highest BCUT2D eigenvalue weighted by molar-refractivity contribution is 7.13. The number of rotatable bonds is 17. The number of carbonyl (C=O) groups excluding carboxylic acids is 5. The SMILES string of the molecule is Cc1ncsc1-c1ccccc1CNC(=O)[C@@]1(O)CCN(C(=O)[C@@H](NC(=O)COCCNC(=O)CC2CCN(Cc3nc4cc(NC(=O)c5ccc6c(cnn6C)c5)ccc4[nH]3)C2)C(C)(C)C)C1. The summed E-state index contributed by atoms with van der Waals surface area (Å²) in [6, 6.07) is 17.9. The highest BCUT2D eigenvalue weighted by Crippen LogP contribution is 2.31. The summed E-state index contributed by atoms with van der Waals surface area (Å²) in [5.74, 6) is -0.805. The fourth-order valence-electron chi connectivity index (χ4n) is 8.91. The second-order valence-electron chi connectivity index (χ2n) is 18.9. The Kier molecular flexibility index (Phi) is 14.4. The zero-order valence-corrected chi connectivity index (χ0v) is 39.9. The number of aromatic nitrogens is 5. The number of ether oxygens (including phenoxy) is 1. The van der Waals surface area contributed by atoms with Gasteiger partial charge in [0, 0.05) is 62.7 Å². The van der Waals surface area contributed by atoms with E-state index in [9.17, 15) is 29.1 Å². The molecule has 19 heteroatoms. The summed E-state index contributed by atoms with van der Waals surface area (Å²) in [6.07, 6.45) is 3.02. The minimum Gasteiger partial charge on any atom is -0.378 e. The van der Waals surface area contributed by atoms with Crippen molar-refractivity contribution in [3.8, 4) is 10.4 Å². The average Bonchev–Trinajstić information content (AvgIpc) is 4.17. The second-order valence-corrected chi connectivity index (χ2v) is 19.8. The van der Waals surface area contributed by atoms with E-state index in [0.29, 0.717) is 24.2 Å². The number of aryl methyl sites for hydroxylation is 2. The molecule has 5 amide bonds. The monoisotopic (exact) mass is 945 g/mol. The lowest BCUT2D eigenvalue weighted by Gasteiger charge is -2.34. The Hall–Kier alpha value is -6.54. The molecule has 3 aromatic carbocycles. The van der Waals surface area contributed by atoms with Gasteiger partial charge in [0.1, 0.15) is 18.5 Å². The Morgan fingerprint density at radius 3 is 2.65 bits per heavy atom. The highest BCUT2D eigenvalue weighted by Gasteiger charge is 2.47. The first-order chi connectivity index (χ1) is 32.5. The molecular formula is C49H59N11O7S. The normalized spacial score (nSPS) is 18.0. The van der Waals surface area contributed by atoms with Gasteiger partial charge in [0.15, 0.2) is 5.60 Å². The average molecular weight is 946 g/mol. The molecule has 3 atom stereocenters. The highest BCUT2D eigenvalue weighted by atomic mass is 32.1. The fourth-order valence-corrected chi connectivity index (χ4v) is 9.78. The lowest BCUT2D eigenvalue weighted by molar-refractivity contribution is -0.143. The molecule has 0 bridgehead atoms. The van der Waals surface area contributed by atoms with Crippen LogP contribution in [0.3, 0.4) is 0 Å². The van der Waals surface area contributed by atoms with E-state index in [1.165, 1.54) is 16.2 Å². The van der Waals surface area contributed by atoms with Crippen molar-refractivity contribution in [2.45, 2.75) is 71.7 Å². The molecule has 2 aliphatic rings. The predicted molar refractivity (Wildman–Crippen MR) is 258 cm³/mol. The summed E-state index contributed by atoms with van der Waals surface area (Å²) in [4.78, 5) is 83.3. The quantitative estimate of drug-likeness (QED) is 0.0707. The molecule has 1 unspecified atom stereocenters. The van der Waals surface area contributed by atoms with Crippen molar-refractivity contribution < 1.29 is 33.8 Å². The van der Waals surface area contributed by atoms with Crippen LogP contribution < -0.4 is 21.3 Å². The number of amides is 5. The van der Waals surface area contributed by atoms with Crippen LogP contribution in [-0.2, 0) is 44.1 Å². The van der Waals surface area contributed by atoms with E-state index in [1.807, 2.05) is 89.3 Å². The van der Waals surface area contributed by atoms with Crippen molar-refractivity contribution in [3.05, 3.63) is 95.0 Å². The molecule has 6 aromatic rings. The maximum Gasteiger partial charge on any atom is 0.255 e. The Bertz CT molecular complexity index is 2830. The molecule has 5 heterocycles. The van der Waals surface area contributed by atoms with Gasteiger partial charge in [-0.25, -0.2) is 9.97 Å². The number of benzene rings is 3. The van der Waals surface area contributed by atoms with Gasteiger partial charge in [-0.2, -0.15) is 5.10 Å². The van der Waals surface area contributed by atoms with Crippen LogP contribution in [0, 0.1) is 18.3 Å². The standard InChI is InChI=1S/C49H59N11O7S/c1-30-43(68-29-52-30)36-9-7-6-8-33(36)23-51-47(65)49(66)15-18-60(28-49)46(64)44(48(2,3)4)57-42(62)27-67-19-16-50-41(61)20-31-14-17-59(25-31)26-40-55-37-12-11-35(22-38(37)56-40)54-45(63)32-10-13-39-34(21-32)24-53-58(39)5/h6-13,21-22,24,29,31,44,66H,14-20,23,25-28H2,1-5H3,(H,50,61)(H,51,65)(H,54,63)(H,55,56)(H,57,62)/t31?,44-,49-/m1/s1. The number of aromatic amines is 1. The molecule has 68 heavy (non-hydrogen) atoms. The molecule has 0 aliphatic carbocycles. The number of carbonyl (C=O) groups is 5. The molecule has 8 rings (SSSR count). The maximum absolute atomic E-state index is 13.8. The molecule has 2 fully saturated rings. The minimum atomic E-state index is -1.79. The Balaban J connectivity index is 0.727. The van der Waals surface area contributed by atoms with Gasteiger partial charge in [0.2, 0.25) is 17.7 Å². The fraction of sp³-hybridized carbons (Fsp3) is 0.429. The summed E-state index contributed by atoms with van der Waals surface area (Å²) in [6.45, 7) is 9.73. The topological polar surface area (TPSA) is 229 Å². The van der Waals surface area contributed by atoms with Gasteiger partial charge in [-0.15, -0.1) is 11.3 Å². The number of nitrogens with zero attached hydrogens (tertiary/aromatic N) is 6. The second kappa shape index (κ2) is 20.4. The third kappa shape index (κ3) is 11.2. The van der Waals surface area contributed by atoms with E-state index in [4.69, 9.17) is 9.72 Å². The van der Waals surface area contributed by atoms with Crippen LogP contribution in [0.5, 0.6) is 0 Å². The van der Waals surface area contributed by atoms with E-state index in [2.05, 4.69) is 41.2 Å². The maximum atomic E-state index is 13.8. The van der Waals surface area contributed by atoms with Crippen molar-refractivity contribution in [2.24, 2.45) is 18.4 Å². The van der Waals surface area contributed by atoms with Crippen molar-refractivity contribution in [2.75, 3.05) is 51.3 Å². The van der Waals surface area contributed by atoms with E-state index < -0.39 is 34.8 Å². The van der Waals surface area contributed by atoms with Crippen LogP contribution in [0.2, 0.25) is 0 Å². The number of hydrogen-bond acceptors (Lipinski definition) is 12. The van der Waals surface area contributed by atoms with Gasteiger partial charge >= 0.3 is 0 Å². The van der Waals surface area contributed by atoms with Crippen LogP contribution in [0.1, 0.15) is 67.5 Å². The van der Waals surface area contributed by atoms with Gasteiger partial charge < -0.3 is 41.0 Å². The van der Waals surface area contributed by atoms with Gasteiger partial charge in [-0.05, 0) is 78.7 Å². The van der Waals surface area contributed by atoms with Crippen LogP contribution in [0.4, 0.5) is 5.69 Å². The van der Waals surface area contributed by atoms with Gasteiger partial charge in [-0.3, -0.25) is 33.6 Å². The Morgan fingerprint density at radius 1 is 1.03 bits per heavy atom. The number of nitrogens with one attached hydrogen (secondary N) is 5. The van der Waals surface area contributed by atoms with Crippen LogP contribution >= 0.6 is 11.3 Å². The van der Waals surface area contributed by atoms with Gasteiger partial charge in [-0.1, -0.05) is 45.0 Å². The lowest BCUT2D eigenvalue weighted by atomic mass is 9.85. The first kappa shape index (κ1) is 47.9. The zero-order chi connectivity index (χ0) is 48.2. The molecule has 2 saturated heterocycles. The number of imidazole rings is 1. The Morgan fingerprint density at radius 2 is 1.85 bits per heavy atom. The molecule has 6 N–H and O–H groups in total. The third-order valence-corrected chi connectivity index (χ3v) is 13.6. The molecule has 0 saturated carbocycles. The van der Waals surface area contributed by atoms with Crippen LogP contribution in [0.25, 0.3) is 32.4 Å². The summed E-state index contributed by atoms with van der Waals surface area (Å²) in [7, 11) is 1.86. The van der Waals surface area contributed by atoms with Gasteiger partial charge in [0.25, 0.3) is 11.8 Å². The summed E-state index contributed by atoms with van der Waals surface area (Å²) in [5, 5.41) is 28.1. The number of H-pyrrole nitrogens is 1. The largest absolute Gasteiger partial charge is 0.378 e.